The number of hydrogen-bond acceptors (Lipinski definition) is 7. The minimum atomic E-state index is -0.125. The Morgan fingerprint density at radius 2 is 1.72 bits per heavy atom. The Balaban J connectivity index is 1.61. The van der Waals surface area contributed by atoms with Crippen LogP contribution in [0.3, 0.4) is 0 Å². The van der Waals surface area contributed by atoms with E-state index in [1.165, 1.54) is 6.20 Å². The maximum absolute atomic E-state index is 11.9. The van der Waals surface area contributed by atoms with Gasteiger partial charge in [-0.05, 0) is 79.4 Å². The van der Waals surface area contributed by atoms with Crippen molar-refractivity contribution in [1.82, 2.24) is 20.3 Å². The van der Waals surface area contributed by atoms with Crippen LogP contribution in [0.4, 0.5) is 23.3 Å². The molecule has 0 spiro atoms. The van der Waals surface area contributed by atoms with E-state index in [0.717, 1.165) is 27.9 Å². The molecular weight excluding hydrogens is 476 g/mol. The Bertz CT molecular complexity index is 1400. The van der Waals surface area contributed by atoms with Gasteiger partial charge in [0, 0.05) is 18.3 Å². The number of amides is 1. The highest BCUT2D eigenvalue weighted by atomic mass is 35.5. The summed E-state index contributed by atoms with van der Waals surface area (Å²) in [5, 5.41) is 9.41. The number of carbonyl (C=O) groups is 1. The van der Waals surface area contributed by atoms with E-state index in [9.17, 15) is 4.79 Å². The van der Waals surface area contributed by atoms with Gasteiger partial charge >= 0.3 is 0 Å². The van der Waals surface area contributed by atoms with Gasteiger partial charge in [-0.15, -0.1) is 0 Å². The molecule has 0 saturated carbocycles. The van der Waals surface area contributed by atoms with Crippen molar-refractivity contribution >= 4 is 40.8 Å². The van der Waals surface area contributed by atoms with Crippen LogP contribution in [-0.4, -0.2) is 35.0 Å². The third-order valence-corrected chi connectivity index (χ3v) is 5.84. The highest BCUT2D eigenvalue weighted by molar-refractivity contribution is 6.32. The second-order valence-electron chi connectivity index (χ2n) is 8.34. The maximum Gasteiger partial charge on any atom is 0.251 e. The van der Waals surface area contributed by atoms with Crippen molar-refractivity contribution in [2.24, 2.45) is 0 Å². The molecule has 4 rings (SSSR count). The van der Waals surface area contributed by atoms with Crippen LogP contribution in [-0.2, 0) is 0 Å². The third-order valence-electron chi connectivity index (χ3n) is 5.57. The number of hydrogen-bond donors (Lipinski definition) is 3. The summed E-state index contributed by atoms with van der Waals surface area (Å²) in [4.78, 5) is 25.2. The fraction of sp³-hybridized carbons (Fsp3) is 0.185. The molecule has 0 unspecified atom stereocenters. The first kappa shape index (κ1) is 24.9. The van der Waals surface area contributed by atoms with Crippen molar-refractivity contribution in [3.63, 3.8) is 0 Å². The second-order valence-corrected chi connectivity index (χ2v) is 8.74. The second kappa shape index (κ2) is 10.6. The van der Waals surface area contributed by atoms with E-state index >= 15 is 0 Å². The normalized spacial score (nSPS) is 10.6. The number of nitrogens with one attached hydrogen (secondary N) is 3. The zero-order chi connectivity index (χ0) is 25.8. The number of halogens is 1. The maximum atomic E-state index is 11.9. The molecule has 9 heteroatoms. The molecule has 0 radical (unpaired) electrons. The molecule has 0 fully saturated rings. The summed E-state index contributed by atoms with van der Waals surface area (Å²) in [7, 11) is 3.22. The lowest BCUT2D eigenvalue weighted by Crippen LogP contribution is -2.17. The molecule has 0 atom stereocenters. The highest BCUT2D eigenvalue weighted by Crippen LogP contribution is 2.36. The lowest BCUT2D eigenvalue weighted by atomic mass is 9.98. The lowest BCUT2D eigenvalue weighted by Gasteiger charge is -2.16. The summed E-state index contributed by atoms with van der Waals surface area (Å²) >= 11 is 6.35. The van der Waals surface area contributed by atoms with Crippen LogP contribution in [0, 0.1) is 20.8 Å². The zero-order valence-corrected chi connectivity index (χ0v) is 21.5. The van der Waals surface area contributed by atoms with Gasteiger partial charge in [0.05, 0.1) is 19.0 Å². The Morgan fingerprint density at radius 1 is 0.972 bits per heavy atom. The van der Waals surface area contributed by atoms with Crippen molar-refractivity contribution in [3.8, 4) is 16.9 Å². The molecule has 36 heavy (non-hydrogen) atoms. The highest BCUT2D eigenvalue weighted by Gasteiger charge is 2.14. The molecule has 3 N–H and O–H groups in total. The molecule has 2 aromatic heterocycles. The number of aryl methyl sites for hydroxylation is 3. The molecule has 1 amide bonds. The minimum absolute atomic E-state index is 0.125. The Morgan fingerprint density at radius 3 is 2.39 bits per heavy atom. The lowest BCUT2D eigenvalue weighted by molar-refractivity contribution is 0.0963. The van der Waals surface area contributed by atoms with Gasteiger partial charge in [-0.25, -0.2) is 9.97 Å². The predicted octanol–water partition coefficient (Wildman–Crippen LogP) is 5.97. The molecule has 2 aromatic carbocycles. The number of pyridine rings is 1. The summed E-state index contributed by atoms with van der Waals surface area (Å²) in [5.41, 5.74) is 6.25. The number of methoxy groups -OCH3 is 1. The SMILES string of the molecule is CNC(=O)c1ccc(-c2cc(OC)c(Nc3ncc(Cl)c(Nc4cc(C)cc(C)n4)n3)cc2C)cc1. The Hall–Kier alpha value is -4.17. The fourth-order valence-electron chi connectivity index (χ4n) is 3.87. The summed E-state index contributed by atoms with van der Waals surface area (Å²) in [6.45, 7) is 5.94. The van der Waals surface area contributed by atoms with Gasteiger partial charge in [-0.3, -0.25) is 4.79 Å². The number of carbonyl (C=O) groups excluding carboxylic acids is 1. The smallest absolute Gasteiger partial charge is 0.251 e. The van der Waals surface area contributed by atoms with Crippen molar-refractivity contribution in [2.45, 2.75) is 20.8 Å². The average Bonchev–Trinajstić information content (AvgIpc) is 2.85. The number of nitrogens with zero attached hydrogens (tertiary/aromatic N) is 3. The monoisotopic (exact) mass is 502 g/mol. The molecule has 0 bridgehead atoms. The molecule has 8 nitrogen and oxygen atoms in total. The van der Waals surface area contributed by atoms with Gasteiger partial charge in [-0.1, -0.05) is 23.7 Å². The van der Waals surface area contributed by atoms with Crippen LogP contribution in [0.15, 0.2) is 54.7 Å². The number of benzene rings is 2. The molecule has 0 saturated heterocycles. The van der Waals surface area contributed by atoms with Gasteiger partial charge in [0.2, 0.25) is 5.95 Å². The van der Waals surface area contributed by atoms with Gasteiger partial charge in [-0.2, -0.15) is 4.98 Å². The summed E-state index contributed by atoms with van der Waals surface area (Å²) < 4.78 is 5.66. The third kappa shape index (κ3) is 5.55. The molecule has 184 valence electrons. The molecule has 0 aliphatic heterocycles. The van der Waals surface area contributed by atoms with Crippen LogP contribution in [0.25, 0.3) is 11.1 Å². The van der Waals surface area contributed by atoms with E-state index in [4.69, 9.17) is 16.3 Å². The molecule has 2 heterocycles. The van der Waals surface area contributed by atoms with Crippen LogP contribution in [0.1, 0.15) is 27.2 Å². The standard InChI is InChI=1S/C27H27ClN6O2/c1-15-10-17(3)31-24(11-15)33-25-21(28)14-30-27(34-25)32-22-12-16(2)20(13-23(22)36-5)18-6-8-19(9-7-18)26(35)29-4/h6-14H,1-5H3,(H,29,35)(H2,30,31,32,33,34). The van der Waals surface area contributed by atoms with Crippen molar-refractivity contribution < 1.29 is 9.53 Å². The van der Waals surface area contributed by atoms with Crippen molar-refractivity contribution in [1.29, 1.82) is 0 Å². The minimum Gasteiger partial charge on any atom is -0.495 e. The van der Waals surface area contributed by atoms with E-state index in [1.807, 2.05) is 57.2 Å². The van der Waals surface area contributed by atoms with Crippen LogP contribution in [0.5, 0.6) is 5.75 Å². The Labute approximate surface area is 215 Å². The average molecular weight is 503 g/mol. The quantitative estimate of drug-likeness (QED) is 0.286. The summed E-state index contributed by atoms with van der Waals surface area (Å²) in [5.74, 6) is 1.94. The van der Waals surface area contributed by atoms with E-state index in [2.05, 4.69) is 30.9 Å². The first-order chi connectivity index (χ1) is 17.3. The van der Waals surface area contributed by atoms with E-state index in [1.54, 1.807) is 26.3 Å². The molecule has 4 aromatic rings. The van der Waals surface area contributed by atoms with Gasteiger partial charge in [0.15, 0.2) is 5.82 Å². The first-order valence-electron chi connectivity index (χ1n) is 11.3. The Kier molecular flexibility index (Phi) is 7.36. The number of ether oxygens (including phenoxy) is 1. The van der Waals surface area contributed by atoms with Gasteiger partial charge in [0.1, 0.15) is 16.6 Å². The van der Waals surface area contributed by atoms with Crippen LogP contribution >= 0.6 is 11.6 Å². The van der Waals surface area contributed by atoms with Gasteiger partial charge < -0.3 is 20.7 Å². The number of aromatic nitrogens is 3. The van der Waals surface area contributed by atoms with E-state index in [-0.39, 0.29) is 5.91 Å². The number of anilines is 4. The van der Waals surface area contributed by atoms with Crippen molar-refractivity contribution in [3.05, 3.63) is 82.1 Å². The summed E-state index contributed by atoms with van der Waals surface area (Å²) in [6.07, 6.45) is 1.53. The summed E-state index contributed by atoms with van der Waals surface area (Å²) in [6, 6.07) is 15.3. The van der Waals surface area contributed by atoms with E-state index in [0.29, 0.717) is 39.6 Å². The first-order valence-corrected chi connectivity index (χ1v) is 11.7. The van der Waals surface area contributed by atoms with Gasteiger partial charge in [0.25, 0.3) is 5.91 Å². The van der Waals surface area contributed by atoms with Crippen molar-refractivity contribution in [2.75, 3.05) is 24.8 Å². The predicted molar refractivity (Wildman–Crippen MR) is 144 cm³/mol. The van der Waals surface area contributed by atoms with E-state index < -0.39 is 0 Å². The van der Waals surface area contributed by atoms with Crippen LogP contribution < -0.4 is 20.7 Å². The molecule has 0 aliphatic rings. The molecular formula is C27H27ClN6O2. The number of rotatable bonds is 7. The molecule has 0 aliphatic carbocycles. The fourth-order valence-corrected chi connectivity index (χ4v) is 4.01. The zero-order valence-electron chi connectivity index (χ0n) is 20.7. The topological polar surface area (TPSA) is 101 Å². The largest absolute Gasteiger partial charge is 0.495 e. The van der Waals surface area contributed by atoms with Crippen LogP contribution in [0.2, 0.25) is 5.02 Å².